The molecular formula is C12H16Br2O3S. The van der Waals surface area contributed by atoms with Crippen LogP contribution in [-0.2, 0) is 16.3 Å². The van der Waals surface area contributed by atoms with E-state index in [0.717, 1.165) is 29.1 Å². The summed E-state index contributed by atoms with van der Waals surface area (Å²) in [6.45, 7) is 0. The summed E-state index contributed by atoms with van der Waals surface area (Å²) in [5.41, 5.74) is 1.06. The van der Waals surface area contributed by atoms with E-state index >= 15 is 0 Å². The van der Waals surface area contributed by atoms with E-state index in [4.69, 9.17) is 4.42 Å². The summed E-state index contributed by atoms with van der Waals surface area (Å²) in [5.74, 6) is 0.837. The summed E-state index contributed by atoms with van der Waals surface area (Å²) in [5, 5.41) is 1.58. The summed E-state index contributed by atoms with van der Waals surface area (Å²) >= 11 is 7.14. The first-order valence-corrected chi connectivity index (χ1v) is 9.91. The van der Waals surface area contributed by atoms with Gasteiger partial charge in [0.15, 0.2) is 9.84 Å². The van der Waals surface area contributed by atoms with E-state index in [1.165, 1.54) is 0 Å². The molecule has 0 aromatic carbocycles. The predicted octanol–water partition coefficient (Wildman–Crippen LogP) is 3.03. The van der Waals surface area contributed by atoms with E-state index in [-0.39, 0.29) is 11.3 Å². The van der Waals surface area contributed by atoms with Gasteiger partial charge in [-0.05, 0) is 35.8 Å². The maximum absolute atomic E-state index is 11.7. The number of rotatable bonds is 5. The molecule has 0 saturated carbocycles. The second kappa shape index (κ2) is 5.67. The van der Waals surface area contributed by atoms with Crippen LogP contribution in [0.2, 0.25) is 0 Å². The second-order valence-corrected chi connectivity index (χ2v) is 8.39. The minimum absolute atomic E-state index is 0.0621. The van der Waals surface area contributed by atoms with Gasteiger partial charge in [-0.15, -0.1) is 0 Å². The van der Waals surface area contributed by atoms with E-state index < -0.39 is 9.84 Å². The molecular weight excluding hydrogens is 384 g/mol. The highest BCUT2D eigenvalue weighted by atomic mass is 79.9. The van der Waals surface area contributed by atoms with E-state index in [2.05, 4.69) is 31.9 Å². The maximum Gasteiger partial charge on any atom is 0.150 e. The molecule has 1 aliphatic heterocycles. The summed E-state index contributed by atoms with van der Waals surface area (Å²) in [6, 6.07) is 1.95. The minimum Gasteiger partial charge on any atom is -0.472 e. The third-order valence-corrected chi connectivity index (χ3v) is 7.77. The average Bonchev–Trinajstić information content (AvgIpc) is 2.95. The molecule has 1 fully saturated rings. The highest BCUT2D eigenvalue weighted by molar-refractivity contribution is 9.09. The molecule has 0 amide bonds. The average molecular weight is 400 g/mol. The molecule has 1 aromatic heterocycles. The molecule has 6 heteroatoms. The molecule has 0 N–H and O–H groups in total. The Morgan fingerprint density at radius 3 is 2.56 bits per heavy atom. The predicted molar refractivity (Wildman–Crippen MR) is 79.2 cm³/mol. The van der Waals surface area contributed by atoms with Gasteiger partial charge < -0.3 is 4.42 Å². The summed E-state index contributed by atoms with van der Waals surface area (Å²) in [7, 11) is -2.84. The molecule has 0 bridgehead atoms. The Morgan fingerprint density at radius 1 is 1.39 bits per heavy atom. The zero-order chi connectivity index (χ0) is 13.2. The van der Waals surface area contributed by atoms with Crippen molar-refractivity contribution in [3.05, 3.63) is 24.2 Å². The van der Waals surface area contributed by atoms with Gasteiger partial charge in [0.25, 0.3) is 0 Å². The Bertz CT molecular complexity index is 477. The summed E-state index contributed by atoms with van der Waals surface area (Å²) in [4.78, 5) is 0. The number of sulfone groups is 1. The van der Waals surface area contributed by atoms with Crippen molar-refractivity contribution < 1.29 is 12.8 Å². The van der Waals surface area contributed by atoms with Gasteiger partial charge in [0.1, 0.15) is 0 Å². The van der Waals surface area contributed by atoms with E-state index in [1.54, 1.807) is 12.5 Å². The smallest absolute Gasteiger partial charge is 0.150 e. The van der Waals surface area contributed by atoms with Gasteiger partial charge in [-0.1, -0.05) is 31.9 Å². The zero-order valence-electron chi connectivity index (χ0n) is 9.94. The van der Waals surface area contributed by atoms with Crippen LogP contribution in [0, 0.1) is 11.3 Å². The van der Waals surface area contributed by atoms with E-state index in [1.807, 2.05) is 6.07 Å². The highest BCUT2D eigenvalue weighted by Crippen LogP contribution is 2.41. The van der Waals surface area contributed by atoms with Gasteiger partial charge in [0, 0.05) is 10.7 Å². The Morgan fingerprint density at radius 2 is 2.11 bits per heavy atom. The lowest BCUT2D eigenvalue weighted by atomic mass is 9.74. The first-order valence-electron chi connectivity index (χ1n) is 5.85. The van der Waals surface area contributed by atoms with Crippen LogP contribution < -0.4 is 0 Å². The van der Waals surface area contributed by atoms with Crippen LogP contribution in [0.5, 0.6) is 0 Å². The second-order valence-electron chi connectivity index (χ2n) is 5.04. The summed E-state index contributed by atoms with van der Waals surface area (Å²) in [6.07, 6.45) is 5.00. The molecule has 2 heterocycles. The zero-order valence-corrected chi connectivity index (χ0v) is 13.9. The number of hydrogen-bond acceptors (Lipinski definition) is 3. The Labute approximate surface area is 124 Å². The molecule has 1 saturated heterocycles. The van der Waals surface area contributed by atoms with Crippen LogP contribution >= 0.6 is 31.9 Å². The number of alkyl halides is 2. The van der Waals surface area contributed by atoms with Gasteiger partial charge >= 0.3 is 0 Å². The minimum atomic E-state index is -2.84. The Kier molecular flexibility index (Phi) is 4.60. The maximum atomic E-state index is 11.7. The van der Waals surface area contributed by atoms with Crippen molar-refractivity contribution in [1.29, 1.82) is 0 Å². The largest absolute Gasteiger partial charge is 0.472 e. The molecule has 1 aliphatic rings. The van der Waals surface area contributed by atoms with Crippen LogP contribution in [-0.4, -0.2) is 30.6 Å². The molecule has 1 aromatic rings. The van der Waals surface area contributed by atoms with Crippen molar-refractivity contribution in [3.8, 4) is 0 Å². The van der Waals surface area contributed by atoms with Crippen LogP contribution in [0.4, 0.5) is 0 Å². The van der Waals surface area contributed by atoms with Crippen molar-refractivity contribution in [2.75, 3.05) is 22.2 Å². The van der Waals surface area contributed by atoms with Gasteiger partial charge in [-0.25, -0.2) is 8.42 Å². The third kappa shape index (κ3) is 3.02. The van der Waals surface area contributed by atoms with Crippen molar-refractivity contribution in [1.82, 2.24) is 0 Å². The van der Waals surface area contributed by atoms with Gasteiger partial charge in [-0.2, -0.15) is 0 Å². The number of halogens is 2. The number of furan rings is 1. The fourth-order valence-corrected chi connectivity index (χ4v) is 6.75. The lowest BCUT2D eigenvalue weighted by Crippen LogP contribution is -2.37. The highest BCUT2D eigenvalue weighted by Gasteiger charge is 2.43. The Balaban J connectivity index is 2.21. The lowest BCUT2D eigenvalue weighted by Gasteiger charge is -2.35. The van der Waals surface area contributed by atoms with Gasteiger partial charge in [0.2, 0.25) is 0 Å². The number of hydrogen-bond donors (Lipinski definition) is 0. The standard InChI is InChI=1S/C12H16Br2O3S/c13-8-12(9-14,5-10-1-3-17-6-10)11-2-4-18(15,16)7-11/h1,3,6,11H,2,4-5,7-9H2. The normalized spacial score (nSPS) is 23.3. The van der Waals surface area contributed by atoms with Crippen LogP contribution in [0.15, 0.2) is 23.0 Å². The lowest BCUT2D eigenvalue weighted by molar-refractivity contribution is 0.252. The van der Waals surface area contributed by atoms with Gasteiger partial charge in [-0.3, -0.25) is 0 Å². The molecule has 1 atom stereocenters. The molecule has 1 unspecified atom stereocenters. The van der Waals surface area contributed by atoms with E-state index in [0.29, 0.717) is 11.5 Å². The first kappa shape index (κ1) is 14.6. The quantitative estimate of drug-likeness (QED) is 0.715. The van der Waals surface area contributed by atoms with Crippen molar-refractivity contribution >= 4 is 41.7 Å². The van der Waals surface area contributed by atoms with Gasteiger partial charge in [0.05, 0.1) is 24.0 Å². The fraction of sp³-hybridized carbons (Fsp3) is 0.667. The monoisotopic (exact) mass is 398 g/mol. The van der Waals surface area contributed by atoms with Crippen molar-refractivity contribution in [2.24, 2.45) is 11.3 Å². The van der Waals surface area contributed by atoms with E-state index in [9.17, 15) is 8.42 Å². The molecule has 0 spiro atoms. The molecule has 18 heavy (non-hydrogen) atoms. The fourth-order valence-electron chi connectivity index (χ4n) is 2.57. The summed E-state index contributed by atoms with van der Waals surface area (Å²) < 4.78 is 28.4. The van der Waals surface area contributed by atoms with Crippen LogP contribution in [0.1, 0.15) is 12.0 Å². The molecule has 0 radical (unpaired) electrons. The van der Waals surface area contributed by atoms with Crippen molar-refractivity contribution in [2.45, 2.75) is 12.8 Å². The first-order chi connectivity index (χ1) is 8.51. The molecule has 102 valence electrons. The third-order valence-electron chi connectivity index (χ3n) is 3.77. The SMILES string of the molecule is O=S1(=O)CCC(C(CBr)(CBr)Cc2ccoc2)C1. The van der Waals surface area contributed by atoms with Crippen molar-refractivity contribution in [3.63, 3.8) is 0 Å². The van der Waals surface area contributed by atoms with Crippen LogP contribution in [0.3, 0.4) is 0 Å². The van der Waals surface area contributed by atoms with Crippen LogP contribution in [0.25, 0.3) is 0 Å². The Hall–Kier alpha value is 0.190. The molecule has 3 nitrogen and oxygen atoms in total. The molecule has 0 aliphatic carbocycles. The molecule has 2 rings (SSSR count). The topological polar surface area (TPSA) is 47.3 Å².